The third kappa shape index (κ3) is 5.80. The van der Waals surface area contributed by atoms with Gasteiger partial charge in [0, 0.05) is 20.6 Å². The standard InChI is InChI=1S/C20H25N5S.HI/c1-15(17-9-10-26-14-17)11-23-20(21-2)25(3)13-19-22-12-18(24-19)16-7-5-4-6-8-16;/h4-10,12,14-15H,11,13H2,1-3H3,(H,21,23)(H,22,24);1H. The zero-order valence-corrected chi connectivity index (χ0v) is 19.0. The van der Waals surface area contributed by atoms with Crippen molar-refractivity contribution in [1.82, 2.24) is 20.2 Å². The van der Waals surface area contributed by atoms with E-state index in [9.17, 15) is 0 Å². The Bertz CT molecular complexity index is 829. The third-order valence-electron chi connectivity index (χ3n) is 4.35. The summed E-state index contributed by atoms with van der Waals surface area (Å²) in [5, 5.41) is 7.78. The van der Waals surface area contributed by atoms with Crippen LogP contribution in [0.15, 0.2) is 58.3 Å². The molecule has 2 aromatic heterocycles. The number of hydrogen-bond donors (Lipinski definition) is 2. The van der Waals surface area contributed by atoms with Gasteiger partial charge in [0.15, 0.2) is 5.96 Å². The largest absolute Gasteiger partial charge is 0.356 e. The monoisotopic (exact) mass is 495 g/mol. The summed E-state index contributed by atoms with van der Waals surface area (Å²) in [6.45, 7) is 3.74. The smallest absolute Gasteiger partial charge is 0.193 e. The minimum Gasteiger partial charge on any atom is -0.356 e. The molecule has 7 heteroatoms. The van der Waals surface area contributed by atoms with Crippen molar-refractivity contribution in [2.24, 2.45) is 4.99 Å². The summed E-state index contributed by atoms with van der Waals surface area (Å²) < 4.78 is 0. The molecule has 1 unspecified atom stereocenters. The second kappa shape index (κ2) is 10.5. The molecule has 0 fully saturated rings. The number of nitrogens with one attached hydrogen (secondary N) is 2. The predicted octanol–water partition coefficient (Wildman–Crippen LogP) is 4.57. The van der Waals surface area contributed by atoms with Crippen LogP contribution in [0.4, 0.5) is 0 Å². The molecular formula is C20H26IN5S. The van der Waals surface area contributed by atoms with Gasteiger partial charge in [0.1, 0.15) is 5.82 Å². The van der Waals surface area contributed by atoms with Crippen molar-refractivity contribution in [1.29, 1.82) is 0 Å². The van der Waals surface area contributed by atoms with Gasteiger partial charge in [0.05, 0.1) is 18.4 Å². The second-order valence-corrected chi connectivity index (χ2v) is 7.13. The molecule has 0 aliphatic rings. The molecule has 0 radical (unpaired) electrons. The Hall–Kier alpha value is -1.87. The van der Waals surface area contributed by atoms with E-state index in [4.69, 9.17) is 0 Å². The van der Waals surface area contributed by atoms with Gasteiger partial charge in [-0.05, 0) is 33.9 Å². The molecule has 2 heterocycles. The first-order valence-electron chi connectivity index (χ1n) is 8.70. The normalized spacial score (nSPS) is 12.3. The lowest BCUT2D eigenvalue weighted by Crippen LogP contribution is -2.40. The minimum absolute atomic E-state index is 0. The summed E-state index contributed by atoms with van der Waals surface area (Å²) in [4.78, 5) is 14.4. The van der Waals surface area contributed by atoms with Crippen LogP contribution in [0.25, 0.3) is 11.3 Å². The topological polar surface area (TPSA) is 56.3 Å². The van der Waals surface area contributed by atoms with E-state index >= 15 is 0 Å². The number of guanidine groups is 1. The Morgan fingerprint density at radius 2 is 2.07 bits per heavy atom. The summed E-state index contributed by atoms with van der Waals surface area (Å²) in [6, 6.07) is 12.4. The minimum atomic E-state index is 0. The molecule has 5 nitrogen and oxygen atoms in total. The van der Waals surface area contributed by atoms with Crippen LogP contribution in [0.5, 0.6) is 0 Å². The summed E-state index contributed by atoms with van der Waals surface area (Å²) >= 11 is 1.74. The molecule has 0 spiro atoms. The molecule has 0 bridgehead atoms. The highest BCUT2D eigenvalue weighted by Gasteiger charge is 2.12. The lowest BCUT2D eigenvalue weighted by atomic mass is 10.1. The van der Waals surface area contributed by atoms with Gasteiger partial charge >= 0.3 is 0 Å². The number of nitrogens with zero attached hydrogens (tertiary/aromatic N) is 3. The predicted molar refractivity (Wildman–Crippen MR) is 125 cm³/mol. The zero-order chi connectivity index (χ0) is 18.4. The number of benzene rings is 1. The average molecular weight is 495 g/mol. The maximum absolute atomic E-state index is 4.51. The van der Waals surface area contributed by atoms with E-state index in [-0.39, 0.29) is 24.0 Å². The van der Waals surface area contributed by atoms with Crippen LogP contribution in [0.2, 0.25) is 0 Å². The van der Waals surface area contributed by atoms with Gasteiger partial charge in [0.25, 0.3) is 0 Å². The van der Waals surface area contributed by atoms with E-state index in [1.165, 1.54) is 5.56 Å². The van der Waals surface area contributed by atoms with E-state index in [2.05, 4.69) is 61.1 Å². The first-order chi connectivity index (χ1) is 12.7. The number of rotatable bonds is 6. The molecule has 0 aliphatic carbocycles. The van der Waals surface area contributed by atoms with Crippen molar-refractivity contribution in [2.45, 2.75) is 19.4 Å². The van der Waals surface area contributed by atoms with E-state index < -0.39 is 0 Å². The molecular weight excluding hydrogens is 469 g/mol. The first kappa shape index (κ1) is 21.4. The molecule has 3 aromatic rings. The Morgan fingerprint density at radius 1 is 1.30 bits per heavy atom. The maximum atomic E-state index is 4.51. The fourth-order valence-corrected chi connectivity index (χ4v) is 3.59. The lowest BCUT2D eigenvalue weighted by molar-refractivity contribution is 0.461. The quantitative estimate of drug-likeness (QED) is 0.299. The van der Waals surface area contributed by atoms with Gasteiger partial charge in [-0.15, -0.1) is 24.0 Å². The number of H-pyrrole nitrogens is 1. The van der Waals surface area contributed by atoms with Gasteiger partial charge in [-0.3, -0.25) is 4.99 Å². The maximum Gasteiger partial charge on any atom is 0.193 e. The number of hydrogen-bond acceptors (Lipinski definition) is 3. The average Bonchev–Trinajstić information content (AvgIpc) is 3.35. The number of imidazole rings is 1. The summed E-state index contributed by atoms with van der Waals surface area (Å²) in [5.74, 6) is 2.23. The number of aromatic nitrogens is 2. The van der Waals surface area contributed by atoms with E-state index in [0.717, 1.165) is 29.6 Å². The van der Waals surface area contributed by atoms with Gasteiger partial charge in [-0.2, -0.15) is 11.3 Å². The Labute approximate surface area is 182 Å². The molecule has 0 amide bonds. The third-order valence-corrected chi connectivity index (χ3v) is 5.05. The van der Waals surface area contributed by atoms with Crippen molar-refractivity contribution in [3.63, 3.8) is 0 Å². The van der Waals surface area contributed by atoms with Crippen molar-refractivity contribution < 1.29 is 0 Å². The van der Waals surface area contributed by atoms with Crippen molar-refractivity contribution in [3.8, 4) is 11.3 Å². The fraction of sp³-hybridized carbons (Fsp3) is 0.300. The number of aromatic amines is 1. The van der Waals surface area contributed by atoms with Crippen LogP contribution >= 0.6 is 35.3 Å². The van der Waals surface area contributed by atoms with Crippen LogP contribution in [0, 0.1) is 0 Å². The highest BCUT2D eigenvalue weighted by atomic mass is 127. The SMILES string of the molecule is CN=C(NCC(C)c1ccsc1)N(C)Cc1ncc(-c2ccccc2)[nH]1.I. The van der Waals surface area contributed by atoms with Crippen LogP contribution < -0.4 is 5.32 Å². The van der Waals surface area contributed by atoms with Gasteiger partial charge in [-0.25, -0.2) is 4.98 Å². The number of halogens is 1. The summed E-state index contributed by atoms with van der Waals surface area (Å²) in [7, 11) is 3.83. The summed E-state index contributed by atoms with van der Waals surface area (Å²) in [6.07, 6.45) is 1.88. The fourth-order valence-electron chi connectivity index (χ4n) is 2.81. The lowest BCUT2D eigenvalue weighted by Gasteiger charge is -2.22. The molecule has 27 heavy (non-hydrogen) atoms. The van der Waals surface area contributed by atoms with Crippen LogP contribution in [-0.2, 0) is 6.54 Å². The second-order valence-electron chi connectivity index (χ2n) is 6.35. The molecule has 144 valence electrons. The molecule has 0 aliphatic heterocycles. The van der Waals surface area contributed by atoms with E-state index in [0.29, 0.717) is 12.5 Å². The highest BCUT2D eigenvalue weighted by Crippen LogP contribution is 2.18. The van der Waals surface area contributed by atoms with Crippen molar-refractivity contribution >= 4 is 41.3 Å². The van der Waals surface area contributed by atoms with E-state index in [1.54, 1.807) is 11.3 Å². The Morgan fingerprint density at radius 3 is 2.74 bits per heavy atom. The molecule has 1 aromatic carbocycles. The van der Waals surface area contributed by atoms with Crippen LogP contribution in [-0.4, -0.2) is 41.5 Å². The van der Waals surface area contributed by atoms with Crippen LogP contribution in [0.1, 0.15) is 24.2 Å². The first-order valence-corrected chi connectivity index (χ1v) is 9.65. The van der Waals surface area contributed by atoms with Gasteiger partial charge < -0.3 is 15.2 Å². The van der Waals surface area contributed by atoms with Crippen LogP contribution in [0.3, 0.4) is 0 Å². The van der Waals surface area contributed by atoms with E-state index in [1.807, 2.05) is 38.5 Å². The number of thiophene rings is 1. The molecule has 3 rings (SSSR count). The molecule has 0 saturated carbocycles. The highest BCUT2D eigenvalue weighted by molar-refractivity contribution is 14.0. The number of aliphatic imine (C=N–C) groups is 1. The van der Waals surface area contributed by atoms with Crippen molar-refractivity contribution in [3.05, 3.63) is 64.7 Å². The molecule has 0 saturated heterocycles. The van der Waals surface area contributed by atoms with Gasteiger partial charge in [-0.1, -0.05) is 37.3 Å². The van der Waals surface area contributed by atoms with Crippen molar-refractivity contribution in [2.75, 3.05) is 20.6 Å². The Kier molecular flexibility index (Phi) is 8.30. The molecule has 1 atom stereocenters. The molecule has 2 N–H and O–H groups in total. The Balaban J connectivity index is 0.00000261. The summed E-state index contributed by atoms with van der Waals surface area (Å²) in [5.41, 5.74) is 3.53. The van der Waals surface area contributed by atoms with Gasteiger partial charge in [0.2, 0.25) is 0 Å². The zero-order valence-electron chi connectivity index (χ0n) is 15.8.